The van der Waals surface area contributed by atoms with Crippen LogP contribution in [-0.2, 0) is 26.6 Å². The molecule has 3 aromatic rings. The molecular weight excluding hydrogens is 272 g/mol. The lowest BCUT2D eigenvalue weighted by molar-refractivity contribution is 0.241. The quantitative estimate of drug-likeness (QED) is 0.728. The van der Waals surface area contributed by atoms with Gasteiger partial charge in [0.25, 0.3) is 0 Å². The molecule has 0 amide bonds. The van der Waals surface area contributed by atoms with Gasteiger partial charge in [-0.2, -0.15) is 0 Å². The zero-order chi connectivity index (χ0) is 15.1. The predicted molar refractivity (Wildman–Crippen MR) is 87.5 cm³/mol. The summed E-state index contributed by atoms with van der Waals surface area (Å²) in [6.07, 6.45) is 5.29. The first-order valence-electron chi connectivity index (χ1n) is 7.77. The molecule has 2 aromatic heterocycles. The average molecular weight is 292 g/mol. The van der Waals surface area contributed by atoms with Crippen LogP contribution in [0.5, 0.6) is 0 Å². The molecule has 4 heteroatoms. The molecule has 3 heterocycles. The normalized spacial score (nSPS) is 15.2. The van der Waals surface area contributed by atoms with E-state index in [4.69, 9.17) is 0 Å². The molecule has 0 aliphatic carbocycles. The molecule has 0 atom stereocenters. The Bertz CT molecular complexity index is 834. The van der Waals surface area contributed by atoms with Crippen LogP contribution in [0.3, 0.4) is 0 Å². The third-order valence-corrected chi connectivity index (χ3v) is 4.52. The molecule has 0 saturated heterocycles. The van der Waals surface area contributed by atoms with E-state index in [0.29, 0.717) is 0 Å². The number of hydrogen-bond acceptors (Lipinski definition) is 3. The molecule has 0 bridgehead atoms. The van der Waals surface area contributed by atoms with Crippen molar-refractivity contribution in [2.75, 3.05) is 6.54 Å². The second kappa shape index (κ2) is 5.21. The molecule has 1 aliphatic rings. The minimum Gasteiger partial charge on any atom is -0.350 e. The second-order valence-corrected chi connectivity index (χ2v) is 6.13. The van der Waals surface area contributed by atoms with Crippen LogP contribution in [0.1, 0.15) is 22.6 Å². The lowest BCUT2D eigenvalue weighted by Gasteiger charge is -2.27. The molecule has 112 valence electrons. The minimum atomic E-state index is 0.866. The highest BCUT2D eigenvalue weighted by Crippen LogP contribution is 2.24. The molecule has 0 saturated carbocycles. The highest BCUT2D eigenvalue weighted by atomic mass is 15.1. The fourth-order valence-electron chi connectivity index (χ4n) is 3.38. The monoisotopic (exact) mass is 292 g/mol. The van der Waals surface area contributed by atoms with Gasteiger partial charge < -0.3 is 4.57 Å². The van der Waals surface area contributed by atoms with E-state index in [2.05, 4.69) is 56.9 Å². The molecule has 0 unspecified atom stereocenters. The van der Waals surface area contributed by atoms with Crippen LogP contribution in [-0.4, -0.2) is 26.0 Å². The van der Waals surface area contributed by atoms with E-state index in [9.17, 15) is 0 Å². The van der Waals surface area contributed by atoms with Gasteiger partial charge in [0.1, 0.15) is 5.82 Å². The Morgan fingerprint density at radius 2 is 2.09 bits per heavy atom. The van der Waals surface area contributed by atoms with Crippen LogP contribution in [0, 0.1) is 6.92 Å². The van der Waals surface area contributed by atoms with E-state index in [1.807, 2.05) is 13.1 Å². The summed E-state index contributed by atoms with van der Waals surface area (Å²) in [5.74, 6) is 0.866. The Hall–Kier alpha value is -2.20. The summed E-state index contributed by atoms with van der Waals surface area (Å²) in [6.45, 7) is 4.93. The summed E-state index contributed by atoms with van der Waals surface area (Å²) < 4.78 is 2.22. The van der Waals surface area contributed by atoms with Crippen molar-refractivity contribution in [3.63, 3.8) is 0 Å². The zero-order valence-electron chi connectivity index (χ0n) is 13.1. The fraction of sp³-hybridized carbons (Fsp3) is 0.333. The van der Waals surface area contributed by atoms with Gasteiger partial charge in [-0.1, -0.05) is 18.2 Å². The van der Waals surface area contributed by atoms with Gasteiger partial charge in [-0.05, 0) is 30.5 Å². The van der Waals surface area contributed by atoms with Gasteiger partial charge >= 0.3 is 0 Å². The minimum absolute atomic E-state index is 0.866. The molecule has 1 aliphatic heterocycles. The van der Waals surface area contributed by atoms with E-state index in [1.54, 1.807) is 0 Å². The summed E-state index contributed by atoms with van der Waals surface area (Å²) in [4.78, 5) is 11.4. The Labute approximate surface area is 130 Å². The second-order valence-electron chi connectivity index (χ2n) is 6.13. The van der Waals surface area contributed by atoms with Crippen molar-refractivity contribution in [3.8, 4) is 0 Å². The van der Waals surface area contributed by atoms with Crippen LogP contribution in [0.4, 0.5) is 0 Å². The van der Waals surface area contributed by atoms with Crippen molar-refractivity contribution >= 4 is 10.9 Å². The van der Waals surface area contributed by atoms with Gasteiger partial charge in [0.15, 0.2) is 0 Å². The van der Waals surface area contributed by atoms with Crippen molar-refractivity contribution in [2.24, 2.45) is 7.05 Å². The third kappa shape index (κ3) is 2.29. The molecular formula is C18H20N4. The molecule has 0 radical (unpaired) electrons. The Balaban J connectivity index is 1.61. The van der Waals surface area contributed by atoms with Gasteiger partial charge in [-0.25, -0.2) is 9.97 Å². The van der Waals surface area contributed by atoms with Crippen molar-refractivity contribution in [3.05, 3.63) is 59.3 Å². The Morgan fingerprint density at radius 1 is 1.23 bits per heavy atom. The maximum absolute atomic E-state index is 4.62. The molecule has 4 nitrogen and oxygen atoms in total. The van der Waals surface area contributed by atoms with Crippen molar-refractivity contribution < 1.29 is 0 Å². The maximum atomic E-state index is 4.62. The van der Waals surface area contributed by atoms with Gasteiger partial charge in [0.05, 0.1) is 5.69 Å². The average Bonchev–Trinajstić information content (AvgIpc) is 2.84. The summed E-state index contributed by atoms with van der Waals surface area (Å²) in [5, 5.41) is 1.36. The van der Waals surface area contributed by atoms with Gasteiger partial charge in [0.2, 0.25) is 0 Å². The largest absolute Gasteiger partial charge is 0.350 e. The molecule has 22 heavy (non-hydrogen) atoms. The fourth-order valence-corrected chi connectivity index (χ4v) is 3.38. The third-order valence-electron chi connectivity index (χ3n) is 4.52. The molecule has 0 N–H and O–H groups in total. The zero-order valence-corrected chi connectivity index (χ0v) is 13.1. The van der Waals surface area contributed by atoms with E-state index in [0.717, 1.165) is 31.9 Å². The number of nitrogens with zero attached hydrogens (tertiary/aromatic N) is 4. The number of aromatic nitrogens is 3. The van der Waals surface area contributed by atoms with E-state index < -0.39 is 0 Å². The summed E-state index contributed by atoms with van der Waals surface area (Å²) >= 11 is 0. The van der Waals surface area contributed by atoms with E-state index >= 15 is 0 Å². The van der Waals surface area contributed by atoms with Gasteiger partial charge in [0, 0.05) is 50.0 Å². The van der Waals surface area contributed by atoms with Gasteiger partial charge in [-0.15, -0.1) is 0 Å². The standard InChI is InChI=1S/C18H20N4/c1-13-19-9-14-7-8-22(12-17(14)20-13)11-15-10-21(2)18-6-4-3-5-16(15)18/h3-6,9-10H,7-8,11-12H2,1-2H3. The van der Waals surface area contributed by atoms with Crippen LogP contribution in [0.25, 0.3) is 10.9 Å². The number of hydrogen-bond donors (Lipinski definition) is 0. The number of aryl methyl sites for hydroxylation is 2. The van der Waals surface area contributed by atoms with Crippen LogP contribution in [0.15, 0.2) is 36.7 Å². The highest BCUT2D eigenvalue weighted by molar-refractivity contribution is 5.83. The first-order valence-corrected chi connectivity index (χ1v) is 7.77. The Morgan fingerprint density at radius 3 is 3.00 bits per heavy atom. The van der Waals surface area contributed by atoms with Gasteiger partial charge in [-0.3, -0.25) is 4.90 Å². The summed E-state index contributed by atoms with van der Waals surface area (Å²) in [5.41, 5.74) is 5.19. The van der Waals surface area contributed by atoms with E-state index in [-0.39, 0.29) is 0 Å². The van der Waals surface area contributed by atoms with Crippen LogP contribution < -0.4 is 0 Å². The van der Waals surface area contributed by atoms with Crippen molar-refractivity contribution in [1.82, 2.24) is 19.4 Å². The smallest absolute Gasteiger partial charge is 0.125 e. The first kappa shape index (κ1) is 13.5. The summed E-state index contributed by atoms with van der Waals surface area (Å²) in [6, 6.07) is 8.62. The molecule has 1 aromatic carbocycles. The number of fused-ring (bicyclic) bond motifs is 2. The van der Waals surface area contributed by atoms with E-state index in [1.165, 1.54) is 27.7 Å². The lowest BCUT2D eigenvalue weighted by Crippen LogP contribution is -2.31. The lowest BCUT2D eigenvalue weighted by atomic mass is 10.1. The van der Waals surface area contributed by atoms with Crippen molar-refractivity contribution in [2.45, 2.75) is 26.4 Å². The Kier molecular flexibility index (Phi) is 3.19. The number of rotatable bonds is 2. The predicted octanol–water partition coefficient (Wildman–Crippen LogP) is 2.84. The first-order chi connectivity index (χ1) is 10.7. The number of para-hydroxylation sites is 1. The highest BCUT2D eigenvalue weighted by Gasteiger charge is 2.19. The summed E-state index contributed by atoms with van der Waals surface area (Å²) in [7, 11) is 2.12. The number of benzene rings is 1. The molecule has 0 spiro atoms. The maximum Gasteiger partial charge on any atom is 0.125 e. The van der Waals surface area contributed by atoms with Crippen LogP contribution in [0.2, 0.25) is 0 Å². The molecule has 0 fully saturated rings. The SMILES string of the molecule is Cc1ncc2c(n1)CN(Cc1cn(C)c3ccccc13)CC2. The van der Waals surface area contributed by atoms with Crippen molar-refractivity contribution in [1.29, 1.82) is 0 Å². The molecule has 4 rings (SSSR count). The topological polar surface area (TPSA) is 34.0 Å². The van der Waals surface area contributed by atoms with Crippen LogP contribution >= 0.6 is 0 Å².